The number of pyridine rings is 1. The molecular weight excluding hydrogens is 967 g/mol. The van der Waals surface area contributed by atoms with Crippen molar-refractivity contribution in [1.82, 2.24) is 30.0 Å². The molecule has 7 aromatic rings. The third-order valence-corrected chi connectivity index (χ3v) is 16.6. The first-order valence-electron chi connectivity index (χ1n) is 26.3. The number of fused-ring (bicyclic) bond motifs is 3. The van der Waals surface area contributed by atoms with Crippen molar-refractivity contribution >= 4 is 78.7 Å². The second-order valence-corrected chi connectivity index (χ2v) is 21.5. The van der Waals surface area contributed by atoms with E-state index in [0.717, 1.165) is 108 Å². The van der Waals surface area contributed by atoms with Gasteiger partial charge in [0.2, 0.25) is 17.7 Å². The number of amides is 4. The van der Waals surface area contributed by atoms with Gasteiger partial charge in [-0.05, 0) is 134 Å². The lowest BCUT2D eigenvalue weighted by Gasteiger charge is -2.36. The van der Waals surface area contributed by atoms with Gasteiger partial charge in [-0.2, -0.15) is 5.10 Å². The molecule has 0 radical (unpaired) electrons. The average Bonchev–Trinajstić information content (AvgIpc) is 4.00. The van der Waals surface area contributed by atoms with E-state index >= 15 is 0 Å². The van der Waals surface area contributed by atoms with Crippen LogP contribution in [0.25, 0.3) is 21.1 Å². The molecule has 0 spiro atoms. The van der Waals surface area contributed by atoms with E-state index < -0.39 is 11.9 Å². The summed E-state index contributed by atoms with van der Waals surface area (Å²) in [6, 6.07) is 31.6. The minimum absolute atomic E-state index is 0.0263. The second-order valence-electron chi connectivity index (χ2n) is 20.5. The summed E-state index contributed by atoms with van der Waals surface area (Å²) in [5, 5.41) is 22.0. The number of nitrogens with one attached hydrogen (secondary N) is 2. The van der Waals surface area contributed by atoms with Crippen molar-refractivity contribution in [2.45, 2.75) is 83.1 Å². The predicted molar refractivity (Wildman–Crippen MR) is 289 cm³/mol. The lowest BCUT2D eigenvalue weighted by atomic mass is 9.89. The van der Waals surface area contributed by atoms with Gasteiger partial charge in [0.05, 0.1) is 39.6 Å². The Bertz CT molecular complexity index is 3270. The number of carboxylic acid groups (broad SMARTS) is 1. The highest BCUT2D eigenvalue weighted by molar-refractivity contribution is 7.22. The van der Waals surface area contributed by atoms with Crippen LogP contribution in [0.4, 0.5) is 16.6 Å². The average molecular weight is 1030 g/mol. The summed E-state index contributed by atoms with van der Waals surface area (Å²) in [4.78, 5) is 79.8. The number of carboxylic acids is 1. The first kappa shape index (κ1) is 49.5. The molecular formula is C58H61N9O7S. The lowest BCUT2D eigenvalue weighted by molar-refractivity contribution is -0.135. The number of nitrogens with zero attached hydrogens (tertiary/aromatic N) is 7. The number of para-hydroxylation sites is 2. The minimum atomic E-state index is -1.08. The predicted octanol–water partition coefficient (Wildman–Crippen LogP) is 8.71. The molecule has 0 bridgehead atoms. The van der Waals surface area contributed by atoms with Gasteiger partial charge in [-0.3, -0.25) is 34.5 Å². The lowest BCUT2D eigenvalue weighted by Crippen LogP contribution is -2.41. The molecule has 0 saturated carbocycles. The summed E-state index contributed by atoms with van der Waals surface area (Å²) in [5.41, 5.74) is 8.10. The number of ether oxygens (including phenoxy) is 1. The number of rotatable bonds is 15. The monoisotopic (exact) mass is 1030 g/mol. The Morgan fingerprint density at radius 2 is 1.60 bits per heavy atom. The largest absolute Gasteiger partial charge is 0.494 e. The molecule has 1 unspecified atom stereocenters. The molecule has 3 aromatic heterocycles. The Morgan fingerprint density at radius 3 is 2.39 bits per heavy atom. The number of likely N-dealkylation sites (tertiary alicyclic amines) is 1. The molecule has 7 heterocycles. The topological polar surface area (TPSA) is 192 Å². The number of thiazole rings is 1. The Morgan fingerprint density at radius 1 is 0.813 bits per heavy atom. The zero-order valence-corrected chi connectivity index (χ0v) is 42.9. The van der Waals surface area contributed by atoms with Gasteiger partial charge >= 0.3 is 5.97 Å². The molecule has 3 N–H and O–H groups in total. The number of hydrogen-bond acceptors (Lipinski definition) is 12. The van der Waals surface area contributed by atoms with Gasteiger partial charge in [0, 0.05) is 70.1 Å². The molecule has 75 heavy (non-hydrogen) atoms. The van der Waals surface area contributed by atoms with Gasteiger partial charge in [-0.25, -0.2) is 14.8 Å². The molecule has 11 rings (SSSR count). The number of aryl methyl sites for hydroxylation is 2. The van der Waals surface area contributed by atoms with Crippen LogP contribution in [0, 0.1) is 11.8 Å². The number of piperidine rings is 3. The van der Waals surface area contributed by atoms with E-state index in [-0.39, 0.29) is 29.3 Å². The van der Waals surface area contributed by atoms with Gasteiger partial charge in [0.15, 0.2) is 10.8 Å². The van der Waals surface area contributed by atoms with E-state index in [0.29, 0.717) is 92.1 Å². The van der Waals surface area contributed by atoms with Gasteiger partial charge < -0.3 is 24.5 Å². The summed E-state index contributed by atoms with van der Waals surface area (Å²) < 4.78 is 8.97. The summed E-state index contributed by atoms with van der Waals surface area (Å²) >= 11 is 1.43. The molecule has 3 fully saturated rings. The summed E-state index contributed by atoms with van der Waals surface area (Å²) in [6.07, 6.45) is 7.92. The fourth-order valence-corrected chi connectivity index (χ4v) is 12.4. The molecule has 3 saturated heterocycles. The number of imide groups is 1. The van der Waals surface area contributed by atoms with E-state index in [4.69, 9.17) is 9.84 Å². The van der Waals surface area contributed by atoms with Gasteiger partial charge in [-0.1, -0.05) is 65.9 Å². The van der Waals surface area contributed by atoms with Crippen LogP contribution in [-0.2, 0) is 47.2 Å². The molecule has 4 amide bonds. The highest BCUT2D eigenvalue weighted by Crippen LogP contribution is 2.37. The third kappa shape index (κ3) is 10.8. The molecule has 0 aliphatic carbocycles. The zero-order valence-electron chi connectivity index (χ0n) is 42.1. The zero-order chi connectivity index (χ0) is 51.6. The number of anilines is 3. The van der Waals surface area contributed by atoms with Crippen LogP contribution in [0.15, 0.2) is 97.1 Å². The maximum absolute atomic E-state index is 13.6. The van der Waals surface area contributed by atoms with Crippen LogP contribution in [0.1, 0.15) is 106 Å². The molecule has 16 nitrogen and oxygen atoms in total. The highest BCUT2D eigenvalue weighted by Gasteiger charge is 2.34. The Kier molecular flexibility index (Phi) is 14.3. The van der Waals surface area contributed by atoms with E-state index in [1.807, 2.05) is 95.5 Å². The Hall–Kier alpha value is -7.66. The SMILES string of the molecule is Cn1nc(C2CCC(=O)NC2=O)c2cccc(N3CCC(CC(=O)N4CCC(Cc5ccc(OCCCc6ccc(N7CCc8cccc(C(=O)Nc9nc%10ccccc%10s9)c8C7)nc6C(=O)O)cc5)CC4)CC3)c21. The van der Waals surface area contributed by atoms with Crippen molar-refractivity contribution in [2.24, 2.45) is 18.9 Å². The molecule has 386 valence electrons. The van der Waals surface area contributed by atoms with Crippen molar-refractivity contribution < 1.29 is 33.8 Å². The van der Waals surface area contributed by atoms with Crippen LogP contribution in [0.5, 0.6) is 5.75 Å². The first-order valence-corrected chi connectivity index (χ1v) is 27.1. The fraction of sp³-hybridized carbons (Fsp3) is 0.379. The molecule has 17 heteroatoms. The van der Waals surface area contributed by atoms with Crippen molar-refractivity contribution in [3.8, 4) is 5.75 Å². The van der Waals surface area contributed by atoms with Gasteiger partial charge in [0.25, 0.3) is 5.91 Å². The summed E-state index contributed by atoms with van der Waals surface area (Å²) in [5.74, 6) is 0.158. The van der Waals surface area contributed by atoms with Crippen LogP contribution in [0.2, 0.25) is 0 Å². The number of aromatic carboxylic acids is 1. The quantitative estimate of drug-likeness (QED) is 0.0655. The van der Waals surface area contributed by atoms with Crippen molar-refractivity contribution in [2.75, 3.05) is 54.4 Å². The normalized spacial score (nSPS) is 17.6. The fourth-order valence-electron chi connectivity index (χ4n) is 11.6. The number of carbonyl (C=O) groups excluding carboxylic acids is 4. The van der Waals surface area contributed by atoms with Crippen LogP contribution in [0.3, 0.4) is 0 Å². The maximum Gasteiger partial charge on any atom is 0.354 e. The van der Waals surface area contributed by atoms with Crippen molar-refractivity contribution in [3.63, 3.8) is 0 Å². The molecule has 4 aliphatic heterocycles. The van der Waals surface area contributed by atoms with Gasteiger partial charge in [0.1, 0.15) is 11.6 Å². The third-order valence-electron chi connectivity index (χ3n) is 15.7. The van der Waals surface area contributed by atoms with Gasteiger partial charge in [-0.15, -0.1) is 0 Å². The van der Waals surface area contributed by atoms with E-state index in [2.05, 4.69) is 48.6 Å². The first-order chi connectivity index (χ1) is 36.5. The van der Waals surface area contributed by atoms with Crippen LogP contribution in [-0.4, -0.2) is 98.7 Å². The number of hydrogen-bond donors (Lipinski definition) is 3. The molecule has 4 aromatic carbocycles. The number of aromatic nitrogens is 4. The number of carbonyl (C=O) groups is 5. The van der Waals surface area contributed by atoms with E-state index in [9.17, 15) is 29.1 Å². The van der Waals surface area contributed by atoms with E-state index in [1.165, 1.54) is 16.9 Å². The van der Waals surface area contributed by atoms with Crippen LogP contribution >= 0.6 is 11.3 Å². The Balaban J connectivity index is 0.610. The number of benzene rings is 4. The Labute approximate surface area is 439 Å². The second kappa shape index (κ2) is 21.7. The molecule has 4 aliphatic rings. The van der Waals surface area contributed by atoms with Crippen molar-refractivity contribution in [3.05, 3.63) is 136 Å². The highest BCUT2D eigenvalue weighted by atomic mass is 32.1. The summed E-state index contributed by atoms with van der Waals surface area (Å²) in [7, 11) is 1.91. The van der Waals surface area contributed by atoms with E-state index in [1.54, 1.807) is 0 Å². The maximum atomic E-state index is 13.6. The van der Waals surface area contributed by atoms with Crippen LogP contribution < -0.4 is 25.2 Å². The summed E-state index contributed by atoms with van der Waals surface area (Å²) in [6.45, 7) is 4.75. The smallest absolute Gasteiger partial charge is 0.354 e. The molecule has 1 atom stereocenters. The standard InChI is InChI=1S/C58H61N9O7S/c1-64-54-43(53(63-64)44-19-21-50(68)61-56(44)71)10-5-12-47(54)65-27-22-38(23-28-65)34-51(69)66-29-24-37(25-30-66)33-36-14-17-41(18-15-36)74-32-6-8-40-16-20-49(60-52(40)57(72)73)67-31-26-39-7-4-9-42(45(39)35-67)55(70)62-58-59-46-11-2-3-13-48(46)75-58/h2-5,7,9-18,20,37-38,44H,6,8,19,21-35H2,1H3,(H,72,73)(H,59,62,70)(H,61,68,71). The van der Waals surface area contributed by atoms with Crippen molar-refractivity contribution in [1.29, 1.82) is 0 Å². The minimum Gasteiger partial charge on any atom is -0.494 e.